The van der Waals surface area contributed by atoms with Gasteiger partial charge in [-0.15, -0.1) is 0 Å². The minimum Gasteiger partial charge on any atom is -0.463 e. The average molecular weight is 471 g/mol. The second kappa shape index (κ2) is 8.97. The van der Waals surface area contributed by atoms with Crippen molar-refractivity contribution in [1.82, 2.24) is 20.7 Å². The molecular formula is C22H19ClN4O4S. The molecule has 0 aliphatic carbocycles. The monoisotopic (exact) mass is 470 g/mol. The Balaban J connectivity index is 1.73. The lowest BCUT2D eigenvalue weighted by atomic mass is 9.95. The molecule has 0 radical (unpaired) electrons. The molecule has 164 valence electrons. The number of amides is 1. The van der Waals surface area contributed by atoms with Crippen LogP contribution in [-0.2, 0) is 9.53 Å². The number of ether oxygens (including phenoxy) is 1. The summed E-state index contributed by atoms with van der Waals surface area (Å²) in [5, 5.41) is 5.19. The van der Waals surface area contributed by atoms with Gasteiger partial charge in [0.1, 0.15) is 11.6 Å². The van der Waals surface area contributed by atoms with Crippen LogP contribution < -0.4 is 10.7 Å². The molecule has 32 heavy (non-hydrogen) atoms. The number of nitrogens with zero attached hydrogens (tertiary/aromatic N) is 2. The Hall–Kier alpha value is -3.43. The second-order valence-electron chi connectivity index (χ2n) is 6.99. The predicted octanol–water partition coefficient (Wildman–Crippen LogP) is 3.89. The quantitative estimate of drug-likeness (QED) is 0.428. The first-order chi connectivity index (χ1) is 15.4. The highest BCUT2D eigenvalue weighted by Gasteiger charge is 2.38. The van der Waals surface area contributed by atoms with Gasteiger partial charge < -0.3 is 14.5 Å². The standard InChI is InChI=1S/C22H19ClN4O4S/c1-3-30-21(29)18-12(2)25-22(32)27(19(18)13-4-7-15(23)8-5-13)26-20(28)14-6-9-17-16(10-14)24-11-31-17/h4-11,19H,3H2,1-2H3,(H,25,32)(H,26,28). The molecule has 0 fully saturated rings. The zero-order valence-electron chi connectivity index (χ0n) is 17.2. The molecule has 8 nitrogen and oxygen atoms in total. The Morgan fingerprint density at radius 1 is 1.28 bits per heavy atom. The summed E-state index contributed by atoms with van der Waals surface area (Å²) in [4.78, 5) is 30.0. The molecule has 1 aliphatic heterocycles. The highest BCUT2D eigenvalue weighted by atomic mass is 35.5. The molecule has 0 bridgehead atoms. The molecule has 2 aromatic carbocycles. The fourth-order valence-electron chi connectivity index (χ4n) is 3.46. The van der Waals surface area contributed by atoms with E-state index in [1.807, 2.05) is 0 Å². The third-order valence-corrected chi connectivity index (χ3v) is 5.50. The van der Waals surface area contributed by atoms with Gasteiger partial charge >= 0.3 is 5.97 Å². The van der Waals surface area contributed by atoms with Gasteiger partial charge in [-0.25, -0.2) is 14.8 Å². The number of oxazole rings is 1. The zero-order valence-corrected chi connectivity index (χ0v) is 18.8. The van der Waals surface area contributed by atoms with Crippen molar-refractivity contribution >= 4 is 51.9 Å². The number of hydrogen-bond donors (Lipinski definition) is 2. The normalized spacial score (nSPS) is 16.2. The van der Waals surface area contributed by atoms with Crippen molar-refractivity contribution in [1.29, 1.82) is 0 Å². The number of carbonyl (C=O) groups is 2. The summed E-state index contributed by atoms with van der Waals surface area (Å²) < 4.78 is 10.5. The summed E-state index contributed by atoms with van der Waals surface area (Å²) in [6, 6.07) is 11.1. The average Bonchev–Trinajstić information content (AvgIpc) is 3.24. The molecule has 1 aliphatic rings. The van der Waals surface area contributed by atoms with E-state index >= 15 is 0 Å². The van der Waals surface area contributed by atoms with Gasteiger partial charge in [-0.1, -0.05) is 23.7 Å². The number of benzene rings is 2. The molecule has 10 heteroatoms. The first kappa shape index (κ1) is 21.8. The lowest BCUT2D eigenvalue weighted by molar-refractivity contribution is -0.139. The molecule has 0 saturated heterocycles. The van der Waals surface area contributed by atoms with Crippen LogP contribution in [0.2, 0.25) is 5.02 Å². The molecular weight excluding hydrogens is 452 g/mol. The lowest BCUT2D eigenvalue weighted by Gasteiger charge is -2.39. The maximum Gasteiger partial charge on any atom is 0.338 e. The smallest absolute Gasteiger partial charge is 0.338 e. The van der Waals surface area contributed by atoms with Crippen LogP contribution in [0.1, 0.15) is 35.8 Å². The summed E-state index contributed by atoms with van der Waals surface area (Å²) in [6.07, 6.45) is 1.31. The van der Waals surface area contributed by atoms with E-state index in [1.165, 1.54) is 11.4 Å². The van der Waals surface area contributed by atoms with Crippen LogP contribution in [0.3, 0.4) is 0 Å². The Bertz CT molecular complexity index is 1240. The first-order valence-electron chi connectivity index (χ1n) is 9.77. The number of hydrazine groups is 1. The fourth-order valence-corrected chi connectivity index (χ4v) is 3.89. The Morgan fingerprint density at radius 3 is 2.75 bits per heavy atom. The molecule has 0 spiro atoms. The fraction of sp³-hybridized carbons (Fsp3) is 0.182. The van der Waals surface area contributed by atoms with Gasteiger partial charge in [-0.2, -0.15) is 0 Å². The number of carbonyl (C=O) groups excluding carboxylic acids is 2. The van der Waals surface area contributed by atoms with Crippen molar-refractivity contribution in [3.05, 3.63) is 76.3 Å². The van der Waals surface area contributed by atoms with Crippen LogP contribution >= 0.6 is 23.8 Å². The van der Waals surface area contributed by atoms with Gasteiger partial charge in [0.15, 0.2) is 17.1 Å². The Morgan fingerprint density at radius 2 is 2.03 bits per heavy atom. The molecule has 4 rings (SSSR count). The summed E-state index contributed by atoms with van der Waals surface area (Å²) in [7, 11) is 0. The number of rotatable bonds is 5. The summed E-state index contributed by atoms with van der Waals surface area (Å²) in [5.41, 5.74) is 5.86. The SMILES string of the molecule is CCOC(=O)C1=C(C)NC(=S)N(NC(=O)c2ccc3ocnc3c2)C1c1ccc(Cl)cc1. The summed E-state index contributed by atoms with van der Waals surface area (Å²) >= 11 is 11.6. The van der Waals surface area contributed by atoms with Crippen LogP contribution in [0.5, 0.6) is 0 Å². The summed E-state index contributed by atoms with van der Waals surface area (Å²) in [6.45, 7) is 3.67. The topological polar surface area (TPSA) is 96.7 Å². The minimum absolute atomic E-state index is 0.206. The van der Waals surface area contributed by atoms with Gasteiger partial charge in [-0.05, 0) is 62.0 Å². The molecule has 2 heterocycles. The number of allylic oxidation sites excluding steroid dienone is 1. The van der Waals surface area contributed by atoms with Crippen LogP contribution in [0.4, 0.5) is 0 Å². The highest BCUT2D eigenvalue weighted by molar-refractivity contribution is 7.80. The highest BCUT2D eigenvalue weighted by Crippen LogP contribution is 2.34. The van der Waals surface area contributed by atoms with Crippen molar-refractivity contribution in [3.63, 3.8) is 0 Å². The second-order valence-corrected chi connectivity index (χ2v) is 7.81. The van der Waals surface area contributed by atoms with Crippen molar-refractivity contribution in [2.45, 2.75) is 19.9 Å². The van der Waals surface area contributed by atoms with Gasteiger partial charge in [0, 0.05) is 16.3 Å². The molecule has 1 amide bonds. The lowest BCUT2D eigenvalue weighted by Crippen LogP contribution is -2.56. The van der Waals surface area contributed by atoms with Crippen LogP contribution in [0.25, 0.3) is 11.1 Å². The number of hydrogen-bond acceptors (Lipinski definition) is 6. The maximum absolute atomic E-state index is 13.1. The van der Waals surface area contributed by atoms with E-state index < -0.39 is 17.9 Å². The van der Waals surface area contributed by atoms with Crippen LogP contribution in [0.15, 0.2) is 64.5 Å². The summed E-state index contributed by atoms with van der Waals surface area (Å²) in [5.74, 6) is -0.941. The first-order valence-corrected chi connectivity index (χ1v) is 10.6. The van der Waals surface area contributed by atoms with E-state index in [9.17, 15) is 9.59 Å². The van der Waals surface area contributed by atoms with Gasteiger partial charge in [0.25, 0.3) is 5.91 Å². The Kier molecular flexibility index (Phi) is 6.11. The van der Waals surface area contributed by atoms with E-state index in [1.54, 1.807) is 56.3 Å². The molecule has 2 N–H and O–H groups in total. The maximum atomic E-state index is 13.1. The number of thiocarbonyl (C=S) groups is 1. The molecule has 1 atom stereocenters. The van der Waals surface area contributed by atoms with Crippen molar-refractivity contribution in [2.75, 3.05) is 6.61 Å². The number of fused-ring (bicyclic) bond motifs is 1. The third kappa shape index (κ3) is 4.17. The van der Waals surface area contributed by atoms with Gasteiger partial charge in [0.2, 0.25) is 0 Å². The van der Waals surface area contributed by atoms with Crippen molar-refractivity contribution in [2.24, 2.45) is 0 Å². The Labute approximate surface area is 194 Å². The third-order valence-electron chi connectivity index (χ3n) is 4.94. The number of aromatic nitrogens is 1. The van der Waals surface area contributed by atoms with E-state index in [0.29, 0.717) is 38.5 Å². The van der Waals surface area contributed by atoms with Crippen LogP contribution in [-0.4, -0.2) is 33.6 Å². The van der Waals surface area contributed by atoms with Crippen molar-refractivity contribution < 1.29 is 18.7 Å². The largest absolute Gasteiger partial charge is 0.463 e. The predicted molar refractivity (Wildman–Crippen MR) is 123 cm³/mol. The number of esters is 1. The minimum atomic E-state index is -0.722. The molecule has 1 unspecified atom stereocenters. The van der Waals surface area contributed by atoms with E-state index in [-0.39, 0.29) is 11.7 Å². The van der Waals surface area contributed by atoms with Crippen molar-refractivity contribution in [3.8, 4) is 0 Å². The zero-order chi connectivity index (χ0) is 22.8. The molecule has 3 aromatic rings. The molecule has 1 aromatic heterocycles. The van der Waals surface area contributed by atoms with Gasteiger partial charge in [-0.3, -0.25) is 10.2 Å². The van der Waals surface area contributed by atoms with Gasteiger partial charge in [0.05, 0.1) is 12.2 Å². The van der Waals surface area contributed by atoms with E-state index in [4.69, 9.17) is 33.0 Å². The van der Waals surface area contributed by atoms with E-state index in [0.717, 1.165) is 0 Å². The van der Waals surface area contributed by atoms with E-state index in [2.05, 4.69) is 15.7 Å². The molecule has 0 saturated carbocycles. The number of halogens is 1. The number of nitrogens with one attached hydrogen (secondary N) is 2. The van der Waals surface area contributed by atoms with Crippen LogP contribution in [0, 0.1) is 0 Å².